The van der Waals surface area contributed by atoms with Crippen LogP contribution in [0, 0.1) is 13.8 Å². The highest BCUT2D eigenvalue weighted by molar-refractivity contribution is 6.31. The van der Waals surface area contributed by atoms with E-state index in [1.54, 1.807) is 0 Å². The highest BCUT2D eigenvalue weighted by Gasteiger charge is 2.05. The highest BCUT2D eigenvalue weighted by atomic mass is 35.5. The molecule has 3 nitrogen and oxygen atoms in total. The monoisotopic (exact) mass is 225 g/mol. The van der Waals surface area contributed by atoms with Crippen LogP contribution in [-0.4, -0.2) is 16.5 Å². The van der Waals surface area contributed by atoms with Crippen molar-refractivity contribution in [2.24, 2.45) is 0 Å². The fraction of sp³-hybridized carbons (Fsp3) is 0.455. The molecule has 0 atom stereocenters. The van der Waals surface area contributed by atoms with E-state index in [2.05, 4.69) is 35.2 Å². The minimum absolute atomic E-state index is 0.431. The van der Waals surface area contributed by atoms with Crippen LogP contribution in [-0.2, 0) is 0 Å². The Morgan fingerprint density at radius 3 is 2.47 bits per heavy atom. The van der Waals surface area contributed by atoms with Crippen LogP contribution in [0.25, 0.3) is 0 Å². The Balaban J connectivity index is 2.77. The van der Waals surface area contributed by atoms with Gasteiger partial charge in [-0.1, -0.05) is 23.3 Å². The summed E-state index contributed by atoms with van der Waals surface area (Å²) >= 11 is 5.96. The van der Waals surface area contributed by atoms with E-state index in [1.165, 1.54) is 5.57 Å². The van der Waals surface area contributed by atoms with Crippen molar-refractivity contribution < 1.29 is 0 Å². The first kappa shape index (κ1) is 12.0. The number of hydrogen-bond acceptors (Lipinski definition) is 3. The summed E-state index contributed by atoms with van der Waals surface area (Å²) in [4.78, 5) is 8.52. The number of anilines is 1. The lowest BCUT2D eigenvalue weighted by molar-refractivity contribution is 1.04. The lowest BCUT2D eigenvalue weighted by atomic mass is 10.3. The van der Waals surface area contributed by atoms with Crippen LogP contribution in [0.1, 0.15) is 25.2 Å². The van der Waals surface area contributed by atoms with Crippen LogP contribution in [0.4, 0.5) is 5.82 Å². The summed E-state index contributed by atoms with van der Waals surface area (Å²) in [5, 5.41) is 3.56. The summed E-state index contributed by atoms with van der Waals surface area (Å²) in [6, 6.07) is 0. The lowest BCUT2D eigenvalue weighted by Gasteiger charge is -2.07. The van der Waals surface area contributed by atoms with E-state index in [0.717, 1.165) is 17.9 Å². The minimum Gasteiger partial charge on any atom is -0.364 e. The smallest absolute Gasteiger partial charge is 0.171 e. The number of nitrogens with one attached hydrogen (secondary N) is 1. The Hall–Kier alpha value is -1.09. The van der Waals surface area contributed by atoms with Gasteiger partial charge in [0.1, 0.15) is 0 Å². The molecule has 0 fully saturated rings. The second-order valence-corrected chi connectivity index (χ2v) is 4.05. The van der Waals surface area contributed by atoms with Crippen LogP contribution in [0.2, 0.25) is 5.15 Å². The number of aromatic nitrogens is 2. The van der Waals surface area contributed by atoms with Crippen LogP contribution >= 0.6 is 11.6 Å². The van der Waals surface area contributed by atoms with Crippen LogP contribution in [0.5, 0.6) is 0 Å². The van der Waals surface area contributed by atoms with Gasteiger partial charge in [-0.3, -0.25) is 0 Å². The molecule has 82 valence electrons. The van der Waals surface area contributed by atoms with Gasteiger partial charge in [0.2, 0.25) is 0 Å². The molecule has 1 N–H and O–H groups in total. The normalized spacial score (nSPS) is 9.93. The summed E-state index contributed by atoms with van der Waals surface area (Å²) in [5.41, 5.74) is 3.03. The Bertz CT molecular complexity index is 382. The Kier molecular flexibility index (Phi) is 4.09. The van der Waals surface area contributed by atoms with Crippen molar-refractivity contribution in [3.63, 3.8) is 0 Å². The zero-order chi connectivity index (χ0) is 11.4. The molecule has 0 amide bonds. The van der Waals surface area contributed by atoms with Crippen LogP contribution in [0.15, 0.2) is 11.6 Å². The van der Waals surface area contributed by atoms with Gasteiger partial charge in [-0.2, -0.15) is 0 Å². The molecule has 0 unspecified atom stereocenters. The molecule has 0 bridgehead atoms. The van der Waals surface area contributed by atoms with Crippen molar-refractivity contribution in [3.8, 4) is 0 Å². The first-order chi connectivity index (χ1) is 7.00. The van der Waals surface area contributed by atoms with Crippen molar-refractivity contribution in [1.29, 1.82) is 0 Å². The maximum atomic E-state index is 5.96. The Morgan fingerprint density at radius 2 is 1.87 bits per heavy atom. The van der Waals surface area contributed by atoms with E-state index in [1.807, 2.05) is 13.8 Å². The third-order valence-electron chi connectivity index (χ3n) is 2.04. The molecule has 0 aliphatic carbocycles. The third-order valence-corrected chi connectivity index (χ3v) is 2.31. The van der Waals surface area contributed by atoms with Gasteiger partial charge < -0.3 is 5.32 Å². The third kappa shape index (κ3) is 3.51. The molecule has 0 aromatic carbocycles. The molecule has 15 heavy (non-hydrogen) atoms. The van der Waals surface area contributed by atoms with Crippen LogP contribution < -0.4 is 5.32 Å². The number of nitrogens with zero attached hydrogens (tertiary/aromatic N) is 2. The highest BCUT2D eigenvalue weighted by Crippen LogP contribution is 2.17. The standard InChI is InChI=1S/C11H16ClN3/c1-7(2)5-6-13-11-10(12)14-8(3)9(4)15-11/h5H,6H2,1-4H3,(H,13,15). The number of hydrogen-bond donors (Lipinski definition) is 1. The summed E-state index contributed by atoms with van der Waals surface area (Å²) in [5.74, 6) is 0.650. The lowest BCUT2D eigenvalue weighted by Crippen LogP contribution is -2.05. The van der Waals surface area contributed by atoms with E-state index in [4.69, 9.17) is 11.6 Å². The van der Waals surface area contributed by atoms with E-state index >= 15 is 0 Å². The zero-order valence-corrected chi connectivity index (χ0v) is 10.3. The first-order valence-corrected chi connectivity index (χ1v) is 5.26. The predicted molar refractivity (Wildman–Crippen MR) is 64.4 cm³/mol. The molecule has 1 aromatic rings. The first-order valence-electron chi connectivity index (χ1n) is 4.88. The predicted octanol–water partition coefficient (Wildman–Crippen LogP) is 3.12. The molecule has 1 rings (SSSR count). The van der Waals surface area contributed by atoms with E-state index in [0.29, 0.717) is 11.0 Å². The van der Waals surface area contributed by atoms with E-state index in [-0.39, 0.29) is 0 Å². The molecule has 4 heteroatoms. The molecule has 1 heterocycles. The van der Waals surface area contributed by atoms with Crippen molar-refractivity contribution in [1.82, 2.24) is 9.97 Å². The van der Waals surface area contributed by atoms with E-state index < -0.39 is 0 Å². The molecule has 0 saturated carbocycles. The second-order valence-electron chi connectivity index (χ2n) is 3.70. The van der Waals surface area contributed by atoms with Crippen molar-refractivity contribution in [3.05, 3.63) is 28.2 Å². The fourth-order valence-electron chi connectivity index (χ4n) is 1.04. The second kappa shape index (κ2) is 5.12. The average Bonchev–Trinajstić information content (AvgIpc) is 2.13. The molecule has 0 aliphatic heterocycles. The van der Waals surface area contributed by atoms with Crippen molar-refractivity contribution in [2.75, 3.05) is 11.9 Å². The van der Waals surface area contributed by atoms with Gasteiger partial charge in [-0.15, -0.1) is 0 Å². The Labute approximate surface area is 95.6 Å². The molecular weight excluding hydrogens is 210 g/mol. The maximum absolute atomic E-state index is 5.96. The number of halogens is 1. The number of aryl methyl sites for hydroxylation is 2. The topological polar surface area (TPSA) is 37.8 Å². The van der Waals surface area contributed by atoms with Gasteiger partial charge in [0.25, 0.3) is 0 Å². The van der Waals surface area contributed by atoms with Crippen molar-refractivity contribution in [2.45, 2.75) is 27.7 Å². The van der Waals surface area contributed by atoms with Gasteiger partial charge >= 0.3 is 0 Å². The largest absolute Gasteiger partial charge is 0.364 e. The minimum atomic E-state index is 0.431. The summed E-state index contributed by atoms with van der Waals surface area (Å²) in [7, 11) is 0. The number of allylic oxidation sites excluding steroid dienone is 1. The van der Waals surface area contributed by atoms with E-state index in [9.17, 15) is 0 Å². The van der Waals surface area contributed by atoms with Crippen molar-refractivity contribution >= 4 is 17.4 Å². The van der Waals surface area contributed by atoms with Gasteiger partial charge in [0.15, 0.2) is 11.0 Å². The molecule has 1 aromatic heterocycles. The van der Waals surface area contributed by atoms with Gasteiger partial charge in [-0.05, 0) is 27.7 Å². The van der Waals surface area contributed by atoms with Gasteiger partial charge in [-0.25, -0.2) is 9.97 Å². The molecular formula is C11H16ClN3. The van der Waals surface area contributed by atoms with Crippen LogP contribution in [0.3, 0.4) is 0 Å². The SMILES string of the molecule is CC(C)=CCNc1nc(C)c(C)nc1Cl. The summed E-state index contributed by atoms with van der Waals surface area (Å²) in [6.07, 6.45) is 2.08. The fourth-order valence-corrected chi connectivity index (χ4v) is 1.28. The zero-order valence-electron chi connectivity index (χ0n) is 9.56. The number of rotatable bonds is 3. The summed E-state index contributed by atoms with van der Waals surface area (Å²) < 4.78 is 0. The molecule has 0 radical (unpaired) electrons. The average molecular weight is 226 g/mol. The summed E-state index contributed by atoms with van der Waals surface area (Å²) in [6.45, 7) is 8.64. The maximum Gasteiger partial charge on any atom is 0.171 e. The van der Waals surface area contributed by atoms with Gasteiger partial charge in [0, 0.05) is 6.54 Å². The Morgan fingerprint density at radius 1 is 1.27 bits per heavy atom. The molecule has 0 aliphatic rings. The van der Waals surface area contributed by atoms with Gasteiger partial charge in [0.05, 0.1) is 11.4 Å². The molecule has 0 saturated heterocycles. The molecule has 0 spiro atoms. The quantitative estimate of drug-likeness (QED) is 0.804.